The van der Waals surface area contributed by atoms with Gasteiger partial charge in [-0.25, -0.2) is 17.9 Å². The Morgan fingerprint density at radius 2 is 1.70 bits per heavy atom. The number of sulfonamides is 1. The number of piperidine rings is 1. The smallest absolute Gasteiger partial charge is 0.273 e. The minimum absolute atomic E-state index is 0.235. The van der Waals surface area contributed by atoms with Crippen molar-refractivity contribution in [2.75, 3.05) is 13.1 Å². The molecule has 33 heavy (non-hydrogen) atoms. The van der Waals surface area contributed by atoms with Crippen LogP contribution in [-0.4, -0.2) is 52.2 Å². The molecule has 0 aliphatic carbocycles. The van der Waals surface area contributed by atoms with Crippen LogP contribution in [0.4, 0.5) is 0 Å². The number of benzene rings is 1. The van der Waals surface area contributed by atoms with Crippen LogP contribution in [0, 0.1) is 26.7 Å². The predicted octanol–water partition coefficient (Wildman–Crippen LogP) is 1.52. The molecule has 10 nitrogen and oxygen atoms in total. The molecule has 2 amide bonds. The van der Waals surface area contributed by atoms with Gasteiger partial charge in [-0.1, -0.05) is 17.7 Å². The number of carbonyl (C=O) groups is 2. The van der Waals surface area contributed by atoms with Gasteiger partial charge < -0.3 is 0 Å². The van der Waals surface area contributed by atoms with E-state index in [1.165, 1.54) is 10.5 Å². The third-order valence-electron chi connectivity index (χ3n) is 5.81. The highest BCUT2D eigenvalue weighted by atomic mass is 32.2. The molecule has 11 heteroatoms. The first-order valence-corrected chi connectivity index (χ1v) is 12.1. The number of aromatic nitrogens is 3. The van der Waals surface area contributed by atoms with Crippen molar-refractivity contribution in [3.05, 3.63) is 59.0 Å². The third-order valence-corrected chi connectivity index (χ3v) is 7.72. The number of nitrogens with one attached hydrogen (secondary N) is 2. The van der Waals surface area contributed by atoms with Gasteiger partial charge in [0.2, 0.25) is 15.9 Å². The molecule has 1 aliphatic heterocycles. The van der Waals surface area contributed by atoms with Crippen molar-refractivity contribution in [3.8, 4) is 0 Å². The van der Waals surface area contributed by atoms with E-state index in [0.29, 0.717) is 18.5 Å². The van der Waals surface area contributed by atoms with Crippen LogP contribution < -0.4 is 10.9 Å². The molecule has 1 saturated heterocycles. The molecule has 2 N–H and O–H groups in total. The summed E-state index contributed by atoms with van der Waals surface area (Å²) in [6, 6.07) is 8.57. The molecule has 0 spiro atoms. The Morgan fingerprint density at radius 1 is 1.03 bits per heavy atom. The van der Waals surface area contributed by atoms with E-state index in [1.807, 2.05) is 26.8 Å². The number of amides is 2. The van der Waals surface area contributed by atoms with Crippen molar-refractivity contribution in [1.82, 2.24) is 29.8 Å². The van der Waals surface area contributed by atoms with Crippen molar-refractivity contribution in [1.29, 1.82) is 0 Å². The molecule has 0 saturated carbocycles. The van der Waals surface area contributed by atoms with Gasteiger partial charge in [0.05, 0.1) is 11.1 Å². The zero-order chi connectivity index (χ0) is 23.8. The van der Waals surface area contributed by atoms with E-state index in [4.69, 9.17) is 0 Å². The second kappa shape index (κ2) is 8.91. The molecular formula is C22H26N6O4S. The molecule has 3 heterocycles. The lowest BCUT2D eigenvalue weighted by Crippen LogP contribution is -2.48. The SMILES string of the molecule is Cc1ccc(S(=O)(=O)N2CCC(C(=O)NNC(=O)c3cnn4c(C)cc(C)nc34)CC2)cc1. The Balaban J connectivity index is 1.34. The summed E-state index contributed by atoms with van der Waals surface area (Å²) in [5, 5.41) is 4.18. The lowest BCUT2D eigenvalue weighted by molar-refractivity contribution is -0.126. The Hall–Kier alpha value is -3.31. The van der Waals surface area contributed by atoms with Crippen LogP contribution in [0.15, 0.2) is 41.4 Å². The second-order valence-electron chi connectivity index (χ2n) is 8.27. The molecule has 4 rings (SSSR count). The van der Waals surface area contributed by atoms with Crippen LogP contribution in [-0.2, 0) is 14.8 Å². The fourth-order valence-corrected chi connectivity index (χ4v) is 5.41. The molecule has 0 radical (unpaired) electrons. The van der Waals surface area contributed by atoms with Gasteiger partial charge in [0.1, 0.15) is 5.56 Å². The van der Waals surface area contributed by atoms with Gasteiger partial charge in [0.25, 0.3) is 5.91 Å². The van der Waals surface area contributed by atoms with Crippen LogP contribution in [0.3, 0.4) is 0 Å². The summed E-state index contributed by atoms with van der Waals surface area (Å²) in [7, 11) is -3.60. The number of hydrogen-bond acceptors (Lipinski definition) is 6. The standard InChI is InChI=1S/C22H26N6O4S/c1-14-4-6-18(7-5-14)33(31,32)27-10-8-17(9-11-27)21(29)25-26-22(30)19-13-23-28-16(3)12-15(2)24-20(19)28/h4-7,12-13,17H,8-11H2,1-3H3,(H,25,29)(H,26,30). The lowest BCUT2D eigenvalue weighted by atomic mass is 9.98. The number of hydrazine groups is 1. The van der Waals surface area contributed by atoms with Crippen LogP contribution in [0.5, 0.6) is 0 Å². The van der Waals surface area contributed by atoms with E-state index in [0.717, 1.165) is 17.0 Å². The molecule has 3 aromatic rings. The van der Waals surface area contributed by atoms with E-state index in [9.17, 15) is 18.0 Å². The van der Waals surface area contributed by atoms with Gasteiger partial charge in [0, 0.05) is 30.4 Å². The second-order valence-corrected chi connectivity index (χ2v) is 10.2. The molecule has 0 bridgehead atoms. The zero-order valence-electron chi connectivity index (χ0n) is 18.7. The summed E-state index contributed by atoms with van der Waals surface area (Å²) in [5.74, 6) is -1.27. The minimum atomic E-state index is -3.60. The minimum Gasteiger partial charge on any atom is -0.273 e. The first-order valence-electron chi connectivity index (χ1n) is 10.7. The van der Waals surface area contributed by atoms with Crippen molar-refractivity contribution >= 4 is 27.5 Å². The van der Waals surface area contributed by atoms with Crippen LogP contribution in [0.2, 0.25) is 0 Å². The summed E-state index contributed by atoms with van der Waals surface area (Å²) in [6.45, 7) is 6.06. The number of rotatable bonds is 4. The molecule has 2 aromatic heterocycles. The van der Waals surface area contributed by atoms with Gasteiger partial charge in [0.15, 0.2) is 5.65 Å². The third kappa shape index (κ3) is 4.60. The maximum atomic E-state index is 12.8. The summed E-state index contributed by atoms with van der Waals surface area (Å²) >= 11 is 0. The molecule has 1 aromatic carbocycles. The summed E-state index contributed by atoms with van der Waals surface area (Å²) < 4.78 is 28.6. The average molecular weight is 471 g/mol. The number of nitrogens with zero attached hydrogens (tertiary/aromatic N) is 4. The summed E-state index contributed by atoms with van der Waals surface area (Å²) in [4.78, 5) is 29.8. The zero-order valence-corrected chi connectivity index (χ0v) is 19.5. The van der Waals surface area contributed by atoms with Gasteiger partial charge in [-0.05, 0) is 51.8 Å². The topological polar surface area (TPSA) is 126 Å². The van der Waals surface area contributed by atoms with Crippen molar-refractivity contribution in [3.63, 3.8) is 0 Å². The Labute approximate surface area is 192 Å². The van der Waals surface area contributed by atoms with E-state index < -0.39 is 21.8 Å². The van der Waals surface area contributed by atoms with E-state index >= 15 is 0 Å². The number of carbonyl (C=O) groups excluding carboxylic acids is 2. The lowest BCUT2D eigenvalue weighted by Gasteiger charge is -2.30. The fraction of sp³-hybridized carbons (Fsp3) is 0.364. The maximum absolute atomic E-state index is 12.8. The number of aryl methyl sites for hydroxylation is 3. The Kier molecular flexibility index (Phi) is 6.17. The highest BCUT2D eigenvalue weighted by molar-refractivity contribution is 7.89. The molecule has 1 fully saturated rings. The monoisotopic (exact) mass is 470 g/mol. The van der Waals surface area contributed by atoms with E-state index in [1.54, 1.807) is 28.8 Å². The largest absolute Gasteiger partial charge is 0.275 e. The predicted molar refractivity (Wildman–Crippen MR) is 121 cm³/mol. The first-order chi connectivity index (χ1) is 15.7. The highest BCUT2D eigenvalue weighted by Gasteiger charge is 2.32. The fourth-order valence-electron chi connectivity index (χ4n) is 3.94. The van der Waals surface area contributed by atoms with Crippen molar-refractivity contribution in [2.24, 2.45) is 5.92 Å². The Bertz CT molecular complexity index is 1310. The average Bonchev–Trinajstić information content (AvgIpc) is 3.22. The van der Waals surface area contributed by atoms with E-state index in [-0.39, 0.29) is 29.5 Å². The summed E-state index contributed by atoms with van der Waals surface area (Å²) in [5.41, 5.74) is 8.12. The molecule has 1 aliphatic rings. The van der Waals surface area contributed by atoms with Crippen molar-refractivity contribution in [2.45, 2.75) is 38.5 Å². The summed E-state index contributed by atoms with van der Waals surface area (Å²) in [6.07, 6.45) is 2.14. The van der Waals surface area contributed by atoms with Gasteiger partial charge >= 0.3 is 0 Å². The molecule has 0 unspecified atom stereocenters. The molecular weight excluding hydrogens is 444 g/mol. The number of fused-ring (bicyclic) bond motifs is 1. The maximum Gasteiger partial charge on any atom is 0.275 e. The van der Waals surface area contributed by atoms with Gasteiger partial charge in [-0.15, -0.1) is 0 Å². The quantitative estimate of drug-likeness (QED) is 0.557. The highest BCUT2D eigenvalue weighted by Crippen LogP contribution is 2.24. The molecule has 174 valence electrons. The Morgan fingerprint density at radius 3 is 2.36 bits per heavy atom. The van der Waals surface area contributed by atoms with Gasteiger partial charge in [-0.3, -0.25) is 20.4 Å². The van der Waals surface area contributed by atoms with E-state index in [2.05, 4.69) is 20.9 Å². The normalized spacial score (nSPS) is 15.5. The first kappa shape index (κ1) is 22.9. The van der Waals surface area contributed by atoms with Crippen LogP contribution in [0.1, 0.15) is 40.2 Å². The van der Waals surface area contributed by atoms with Crippen molar-refractivity contribution < 1.29 is 18.0 Å². The van der Waals surface area contributed by atoms with Gasteiger partial charge in [-0.2, -0.15) is 9.40 Å². The van der Waals surface area contributed by atoms with Crippen LogP contribution >= 0.6 is 0 Å². The molecule has 0 atom stereocenters. The van der Waals surface area contributed by atoms with Crippen LogP contribution in [0.25, 0.3) is 5.65 Å². The number of hydrogen-bond donors (Lipinski definition) is 2.